The fourth-order valence-electron chi connectivity index (χ4n) is 1.71. The van der Waals surface area contributed by atoms with Crippen molar-refractivity contribution in [3.05, 3.63) is 58.3 Å². The van der Waals surface area contributed by atoms with Gasteiger partial charge in [-0.1, -0.05) is 18.2 Å². The molecule has 0 bridgehead atoms. The smallest absolute Gasteiger partial charge is 0.341 e. The monoisotopic (exact) mass is 247 g/mol. The highest BCUT2D eigenvalue weighted by atomic mass is 19.1. The van der Waals surface area contributed by atoms with Crippen molar-refractivity contribution in [3.8, 4) is 11.1 Å². The first-order valence-electron chi connectivity index (χ1n) is 5.19. The Hall–Kier alpha value is -2.43. The summed E-state index contributed by atoms with van der Waals surface area (Å²) in [5.74, 6) is -1.79. The fraction of sp³-hybridized carbons (Fsp3) is 0.0769. The maximum absolute atomic E-state index is 13.6. The predicted octanol–water partition coefficient (Wildman–Crippen LogP) is 1.89. The number of nitrogens with zero attached hydrogens (tertiary/aromatic N) is 1. The van der Waals surface area contributed by atoms with Crippen molar-refractivity contribution in [2.75, 3.05) is 0 Å². The minimum Gasteiger partial charge on any atom is -0.477 e. The molecule has 0 saturated heterocycles. The zero-order valence-electron chi connectivity index (χ0n) is 9.55. The minimum absolute atomic E-state index is 0.260. The van der Waals surface area contributed by atoms with E-state index in [1.54, 1.807) is 12.1 Å². The zero-order chi connectivity index (χ0) is 13.3. The van der Waals surface area contributed by atoms with E-state index >= 15 is 0 Å². The van der Waals surface area contributed by atoms with E-state index in [2.05, 4.69) is 0 Å². The number of hydrogen-bond donors (Lipinski definition) is 1. The number of rotatable bonds is 2. The van der Waals surface area contributed by atoms with E-state index in [9.17, 15) is 14.0 Å². The van der Waals surface area contributed by atoms with Crippen molar-refractivity contribution in [1.29, 1.82) is 0 Å². The lowest BCUT2D eigenvalue weighted by atomic mass is 10.1. The van der Waals surface area contributed by atoms with Gasteiger partial charge >= 0.3 is 5.97 Å². The topological polar surface area (TPSA) is 59.3 Å². The molecule has 0 saturated carbocycles. The highest BCUT2D eigenvalue weighted by Gasteiger charge is 2.13. The molecule has 0 aliphatic heterocycles. The van der Waals surface area contributed by atoms with Gasteiger partial charge in [0, 0.05) is 24.4 Å². The van der Waals surface area contributed by atoms with E-state index in [1.165, 1.54) is 31.4 Å². The predicted molar refractivity (Wildman–Crippen MR) is 64.0 cm³/mol. The summed E-state index contributed by atoms with van der Waals surface area (Å²) in [5.41, 5.74) is -0.385. The summed E-state index contributed by atoms with van der Waals surface area (Å²) in [6.45, 7) is 0. The molecule has 2 rings (SSSR count). The minimum atomic E-state index is -1.33. The number of halogens is 1. The van der Waals surface area contributed by atoms with Gasteiger partial charge in [0.15, 0.2) is 0 Å². The van der Waals surface area contributed by atoms with Gasteiger partial charge in [0.2, 0.25) is 0 Å². The van der Waals surface area contributed by atoms with Gasteiger partial charge in [0.05, 0.1) is 0 Å². The average Bonchev–Trinajstić information content (AvgIpc) is 2.33. The summed E-state index contributed by atoms with van der Waals surface area (Å²) in [4.78, 5) is 22.5. The Morgan fingerprint density at radius 3 is 2.61 bits per heavy atom. The van der Waals surface area contributed by atoms with Crippen LogP contribution in [0.2, 0.25) is 0 Å². The molecule has 2 aromatic rings. The van der Waals surface area contributed by atoms with E-state index in [1.807, 2.05) is 0 Å². The average molecular weight is 247 g/mol. The lowest BCUT2D eigenvalue weighted by molar-refractivity contribution is 0.0694. The van der Waals surface area contributed by atoms with Crippen LogP contribution in [0.1, 0.15) is 10.4 Å². The molecule has 0 aliphatic carbocycles. The molecule has 0 aliphatic rings. The second-order valence-electron chi connectivity index (χ2n) is 3.84. The van der Waals surface area contributed by atoms with Crippen LogP contribution < -0.4 is 5.56 Å². The van der Waals surface area contributed by atoms with Crippen LogP contribution in [0.3, 0.4) is 0 Å². The molecule has 18 heavy (non-hydrogen) atoms. The quantitative estimate of drug-likeness (QED) is 0.881. The Morgan fingerprint density at radius 2 is 2.00 bits per heavy atom. The van der Waals surface area contributed by atoms with Crippen LogP contribution in [0, 0.1) is 5.82 Å². The molecule has 5 heteroatoms. The Morgan fingerprint density at radius 1 is 1.33 bits per heavy atom. The SMILES string of the molecule is Cn1cc(-c2ccccc2F)cc(C(=O)O)c1=O. The highest BCUT2D eigenvalue weighted by Crippen LogP contribution is 2.21. The molecule has 0 unspecified atom stereocenters. The number of aromatic nitrogens is 1. The van der Waals surface area contributed by atoms with Gasteiger partial charge in [0.25, 0.3) is 5.56 Å². The number of aryl methyl sites for hydroxylation is 1. The van der Waals surface area contributed by atoms with Gasteiger partial charge in [-0.3, -0.25) is 4.79 Å². The van der Waals surface area contributed by atoms with E-state index in [0.29, 0.717) is 5.56 Å². The molecular formula is C13H10FNO3. The van der Waals surface area contributed by atoms with Gasteiger partial charge in [-0.2, -0.15) is 0 Å². The third-order valence-electron chi connectivity index (χ3n) is 2.60. The molecule has 0 amide bonds. The normalized spacial score (nSPS) is 10.3. The lowest BCUT2D eigenvalue weighted by Gasteiger charge is -2.07. The first-order valence-corrected chi connectivity index (χ1v) is 5.19. The second-order valence-corrected chi connectivity index (χ2v) is 3.84. The largest absolute Gasteiger partial charge is 0.477 e. The summed E-state index contributed by atoms with van der Waals surface area (Å²) >= 11 is 0. The van der Waals surface area contributed by atoms with Crippen molar-refractivity contribution in [2.45, 2.75) is 0 Å². The second kappa shape index (κ2) is 4.44. The van der Waals surface area contributed by atoms with Crippen molar-refractivity contribution in [2.24, 2.45) is 7.05 Å². The number of carbonyl (C=O) groups is 1. The summed E-state index contributed by atoms with van der Waals surface area (Å²) < 4.78 is 14.7. The molecule has 1 N–H and O–H groups in total. The number of aromatic carboxylic acids is 1. The summed E-state index contributed by atoms with van der Waals surface area (Å²) in [5, 5.41) is 8.92. The van der Waals surface area contributed by atoms with Crippen LogP contribution in [0.25, 0.3) is 11.1 Å². The lowest BCUT2D eigenvalue weighted by Crippen LogP contribution is -2.23. The number of benzene rings is 1. The Balaban J connectivity index is 2.71. The standard InChI is InChI=1S/C13H10FNO3/c1-15-7-8(6-10(12(15)16)13(17)18)9-4-2-3-5-11(9)14/h2-7H,1H3,(H,17,18). The zero-order valence-corrected chi connectivity index (χ0v) is 9.55. The molecule has 4 nitrogen and oxygen atoms in total. The van der Waals surface area contributed by atoms with Gasteiger partial charge < -0.3 is 9.67 Å². The maximum Gasteiger partial charge on any atom is 0.341 e. The van der Waals surface area contributed by atoms with E-state index in [0.717, 1.165) is 4.57 Å². The summed E-state index contributed by atoms with van der Waals surface area (Å²) in [7, 11) is 1.43. The van der Waals surface area contributed by atoms with Crippen LogP contribution in [0.5, 0.6) is 0 Å². The Kier molecular flexibility index (Phi) is 2.97. The molecule has 1 aromatic heterocycles. The van der Waals surface area contributed by atoms with Gasteiger partial charge in [0.1, 0.15) is 11.4 Å². The van der Waals surface area contributed by atoms with Crippen LogP contribution in [0.4, 0.5) is 4.39 Å². The fourth-order valence-corrected chi connectivity index (χ4v) is 1.71. The third kappa shape index (κ3) is 2.02. The van der Waals surface area contributed by atoms with Gasteiger partial charge in [-0.05, 0) is 12.1 Å². The van der Waals surface area contributed by atoms with E-state index in [-0.39, 0.29) is 11.1 Å². The van der Waals surface area contributed by atoms with Crippen molar-refractivity contribution < 1.29 is 14.3 Å². The summed E-state index contributed by atoms with van der Waals surface area (Å²) in [6, 6.07) is 7.17. The van der Waals surface area contributed by atoms with Crippen LogP contribution in [-0.2, 0) is 7.05 Å². The van der Waals surface area contributed by atoms with E-state index in [4.69, 9.17) is 5.11 Å². The van der Waals surface area contributed by atoms with Crippen molar-refractivity contribution in [1.82, 2.24) is 4.57 Å². The first kappa shape index (κ1) is 12.0. The van der Waals surface area contributed by atoms with Crippen LogP contribution >= 0.6 is 0 Å². The van der Waals surface area contributed by atoms with Crippen molar-refractivity contribution in [3.63, 3.8) is 0 Å². The first-order chi connectivity index (χ1) is 8.50. The van der Waals surface area contributed by atoms with Gasteiger partial charge in [-0.25, -0.2) is 9.18 Å². The molecular weight excluding hydrogens is 237 g/mol. The number of pyridine rings is 1. The Bertz CT molecular complexity index is 676. The molecule has 0 radical (unpaired) electrons. The molecule has 92 valence electrons. The van der Waals surface area contributed by atoms with Gasteiger partial charge in [-0.15, -0.1) is 0 Å². The maximum atomic E-state index is 13.6. The molecule has 1 aromatic carbocycles. The number of carboxylic acids is 1. The summed E-state index contributed by atoms with van der Waals surface area (Å²) in [6.07, 6.45) is 1.41. The molecule has 0 fully saturated rings. The number of carboxylic acid groups (broad SMARTS) is 1. The highest BCUT2D eigenvalue weighted by molar-refractivity contribution is 5.88. The van der Waals surface area contributed by atoms with Crippen LogP contribution in [-0.4, -0.2) is 15.6 Å². The molecule has 0 atom stereocenters. The van der Waals surface area contributed by atoms with Crippen LogP contribution in [0.15, 0.2) is 41.3 Å². The van der Waals surface area contributed by atoms with Crippen molar-refractivity contribution >= 4 is 5.97 Å². The third-order valence-corrected chi connectivity index (χ3v) is 2.60. The Labute approximate surface area is 102 Å². The number of hydrogen-bond acceptors (Lipinski definition) is 2. The van der Waals surface area contributed by atoms with E-state index < -0.39 is 17.3 Å². The molecule has 1 heterocycles. The molecule has 0 spiro atoms.